The quantitative estimate of drug-likeness (QED) is 0.308. The van der Waals surface area contributed by atoms with Crippen molar-refractivity contribution in [3.05, 3.63) is 83.4 Å². The summed E-state index contributed by atoms with van der Waals surface area (Å²) in [5, 5.41) is 0. The van der Waals surface area contributed by atoms with Crippen LogP contribution in [0.25, 0.3) is 0 Å². The van der Waals surface area contributed by atoms with E-state index in [9.17, 15) is 0 Å². The summed E-state index contributed by atoms with van der Waals surface area (Å²) in [6, 6.07) is 15.3. The zero-order chi connectivity index (χ0) is 24.8. The summed E-state index contributed by atoms with van der Waals surface area (Å²) in [6.07, 6.45) is 0. The topological polar surface area (TPSA) is 0 Å². The molecule has 0 aromatic heterocycles. The molecule has 0 nitrogen and oxygen atoms in total. The molecule has 0 unspecified atom stereocenters. The van der Waals surface area contributed by atoms with E-state index in [0.29, 0.717) is 5.92 Å². The van der Waals surface area contributed by atoms with Gasteiger partial charge in [0.1, 0.15) is 0 Å². The van der Waals surface area contributed by atoms with Gasteiger partial charge in [-0.2, -0.15) is 0 Å². The van der Waals surface area contributed by atoms with Crippen LogP contribution < -0.4 is 0 Å². The number of rotatable bonds is 1. The number of hydrogen-bond donors (Lipinski definition) is 0. The van der Waals surface area contributed by atoms with E-state index in [0.717, 1.165) is 5.56 Å². The van der Waals surface area contributed by atoms with Gasteiger partial charge in [-0.15, -0.1) is 13.2 Å². The van der Waals surface area contributed by atoms with E-state index in [1.54, 1.807) is 0 Å². The lowest BCUT2D eigenvalue weighted by Crippen LogP contribution is -2.11. The molecule has 0 amide bonds. The Balaban J connectivity index is -0.000000449. The second-order valence-corrected chi connectivity index (χ2v) is 9.90. The van der Waals surface area contributed by atoms with Gasteiger partial charge in [-0.3, -0.25) is 0 Å². The van der Waals surface area contributed by atoms with Crippen LogP contribution in [-0.2, 0) is 5.41 Å². The molecule has 0 radical (unpaired) electrons. The molecule has 0 heterocycles. The van der Waals surface area contributed by atoms with Crippen LogP contribution in [0.3, 0.4) is 0 Å². The van der Waals surface area contributed by atoms with Gasteiger partial charge in [0.15, 0.2) is 0 Å². The molecule has 0 saturated carbocycles. The second kappa shape index (κ2) is 16.4. The first-order valence-electron chi connectivity index (χ1n) is 11.5. The number of benzene rings is 2. The van der Waals surface area contributed by atoms with E-state index in [4.69, 9.17) is 0 Å². The SMILES string of the molecule is C.C=C.CC.CC(C)c1ccc(C#CC(C)(C)C)cc1.Cc1cc(C)cc(C(C)(C)C)c1. The van der Waals surface area contributed by atoms with Crippen molar-refractivity contribution in [2.75, 3.05) is 0 Å². The van der Waals surface area contributed by atoms with Crippen molar-refractivity contribution < 1.29 is 0 Å². The lowest BCUT2D eigenvalue weighted by Gasteiger charge is -2.20. The Morgan fingerprint density at radius 2 is 1.16 bits per heavy atom. The van der Waals surface area contributed by atoms with Crippen LogP contribution in [-0.4, -0.2) is 0 Å². The molecule has 0 saturated heterocycles. The summed E-state index contributed by atoms with van der Waals surface area (Å²) < 4.78 is 0. The van der Waals surface area contributed by atoms with Crippen molar-refractivity contribution in [1.82, 2.24) is 0 Å². The van der Waals surface area contributed by atoms with Crippen LogP contribution in [0.2, 0.25) is 0 Å². The molecule has 2 aromatic carbocycles. The normalized spacial score (nSPS) is 9.91. The van der Waals surface area contributed by atoms with Gasteiger partial charge >= 0.3 is 0 Å². The first-order chi connectivity index (χ1) is 14.3. The fourth-order valence-electron chi connectivity index (χ4n) is 2.62. The molecular weight excluding hydrogens is 384 g/mol. The Morgan fingerprint density at radius 1 is 0.750 bits per heavy atom. The average Bonchev–Trinajstić information content (AvgIpc) is 2.68. The third kappa shape index (κ3) is 15.5. The molecule has 0 aliphatic rings. The summed E-state index contributed by atoms with van der Waals surface area (Å²) >= 11 is 0. The summed E-state index contributed by atoms with van der Waals surface area (Å²) in [6.45, 7) is 31.9. The fourth-order valence-corrected chi connectivity index (χ4v) is 2.62. The average molecular weight is 437 g/mol. The van der Waals surface area contributed by atoms with Gasteiger partial charge in [0, 0.05) is 11.0 Å². The van der Waals surface area contributed by atoms with E-state index in [-0.39, 0.29) is 18.3 Å². The largest absolute Gasteiger partial charge is 0.106 e. The molecule has 0 N–H and O–H groups in total. The molecule has 2 aromatic rings. The lowest BCUT2D eigenvalue weighted by molar-refractivity contribution is 0.571. The van der Waals surface area contributed by atoms with Gasteiger partial charge < -0.3 is 0 Å². The van der Waals surface area contributed by atoms with Gasteiger partial charge in [-0.05, 0) is 69.2 Å². The maximum atomic E-state index is 3.24. The van der Waals surface area contributed by atoms with E-state index >= 15 is 0 Å². The molecule has 32 heavy (non-hydrogen) atoms. The Morgan fingerprint density at radius 3 is 1.47 bits per heavy atom. The van der Waals surface area contributed by atoms with Crippen LogP contribution in [0, 0.1) is 31.1 Å². The van der Waals surface area contributed by atoms with Crippen LogP contribution in [0.5, 0.6) is 0 Å². The highest BCUT2D eigenvalue weighted by Crippen LogP contribution is 2.24. The Kier molecular flexibility index (Phi) is 17.6. The maximum absolute atomic E-state index is 3.24. The Bertz CT molecular complexity index is 774. The predicted molar refractivity (Wildman–Crippen MR) is 151 cm³/mol. The molecule has 0 spiro atoms. The molecule has 0 fully saturated rings. The number of aryl methyl sites for hydroxylation is 2. The monoisotopic (exact) mass is 436 g/mol. The highest BCUT2D eigenvalue weighted by atomic mass is 14.2. The van der Waals surface area contributed by atoms with Gasteiger partial charge in [0.2, 0.25) is 0 Å². The highest BCUT2D eigenvalue weighted by Gasteiger charge is 2.13. The third-order valence-corrected chi connectivity index (χ3v) is 4.25. The molecule has 0 aliphatic heterocycles. The van der Waals surface area contributed by atoms with E-state index in [2.05, 4.69) is 137 Å². The smallest absolute Gasteiger partial charge is 0.0245 e. The van der Waals surface area contributed by atoms with Crippen molar-refractivity contribution in [3.63, 3.8) is 0 Å². The third-order valence-electron chi connectivity index (χ3n) is 4.25. The minimum atomic E-state index is 0. The lowest BCUT2D eigenvalue weighted by atomic mass is 9.85. The van der Waals surface area contributed by atoms with Gasteiger partial charge in [0.05, 0.1) is 0 Å². The maximum Gasteiger partial charge on any atom is 0.0245 e. The van der Waals surface area contributed by atoms with Gasteiger partial charge in [-0.1, -0.05) is 109 Å². The standard InChI is InChI=1S/C15H20.C12H18.C2H6.C2H4.CH4/c1-12(2)14-8-6-13(7-9-14)10-11-15(3,4)5;1-9-6-10(2)8-11(7-9)12(3,4)5;2*1-2;/h6-9,12H,1-5H3;6-8H,1-5H3;1-2H3;1-2H2;1H4. The molecular formula is C32H52. The van der Waals surface area contributed by atoms with Crippen LogP contribution in [0.1, 0.15) is 110 Å². The molecule has 180 valence electrons. The van der Waals surface area contributed by atoms with Crippen LogP contribution in [0.15, 0.2) is 55.6 Å². The van der Waals surface area contributed by atoms with Crippen LogP contribution >= 0.6 is 0 Å². The summed E-state index contributed by atoms with van der Waals surface area (Å²) in [5.41, 5.74) is 6.98. The van der Waals surface area contributed by atoms with Crippen molar-refractivity contribution in [3.8, 4) is 11.8 Å². The second-order valence-electron chi connectivity index (χ2n) is 9.90. The summed E-state index contributed by atoms with van der Waals surface area (Å²) in [5.74, 6) is 7.03. The van der Waals surface area contributed by atoms with Crippen LogP contribution in [0.4, 0.5) is 0 Å². The molecule has 0 heteroatoms. The number of hydrogen-bond acceptors (Lipinski definition) is 0. The van der Waals surface area contributed by atoms with E-state index < -0.39 is 0 Å². The molecule has 2 rings (SSSR count). The zero-order valence-electron chi connectivity index (χ0n) is 22.5. The van der Waals surface area contributed by atoms with Crippen molar-refractivity contribution >= 4 is 0 Å². The fraction of sp³-hybridized carbons (Fsp3) is 0.500. The first kappa shape index (κ1) is 34.4. The van der Waals surface area contributed by atoms with Crippen molar-refractivity contribution in [1.29, 1.82) is 0 Å². The van der Waals surface area contributed by atoms with E-state index in [1.165, 1.54) is 22.3 Å². The molecule has 0 aliphatic carbocycles. The van der Waals surface area contributed by atoms with Crippen molar-refractivity contribution in [2.45, 2.75) is 102 Å². The summed E-state index contributed by atoms with van der Waals surface area (Å²) in [7, 11) is 0. The van der Waals surface area contributed by atoms with Gasteiger partial charge in [0.25, 0.3) is 0 Å². The molecule has 0 atom stereocenters. The summed E-state index contributed by atoms with van der Waals surface area (Å²) in [4.78, 5) is 0. The van der Waals surface area contributed by atoms with Gasteiger partial charge in [-0.25, -0.2) is 0 Å². The Hall–Kier alpha value is -2.26. The zero-order valence-corrected chi connectivity index (χ0v) is 22.5. The van der Waals surface area contributed by atoms with E-state index in [1.807, 2.05) is 13.8 Å². The molecule has 0 bridgehead atoms. The first-order valence-corrected chi connectivity index (χ1v) is 11.5. The van der Waals surface area contributed by atoms with Crippen molar-refractivity contribution in [2.24, 2.45) is 5.41 Å². The minimum Gasteiger partial charge on any atom is -0.106 e. The predicted octanol–water partition coefficient (Wildman–Crippen LogP) is 10.3. The Labute approximate surface area is 202 Å². The highest BCUT2D eigenvalue weighted by molar-refractivity contribution is 5.37. The minimum absolute atomic E-state index is 0.